The van der Waals surface area contributed by atoms with E-state index in [1.54, 1.807) is 12.1 Å². The molecule has 0 saturated carbocycles. The van der Waals surface area contributed by atoms with Crippen LogP contribution in [-0.4, -0.2) is 37.1 Å². The predicted molar refractivity (Wildman–Crippen MR) is 72.0 cm³/mol. The first kappa shape index (κ1) is 12.6. The number of hydrogen-bond donors (Lipinski definition) is 0. The number of ether oxygens (including phenoxy) is 1. The quantitative estimate of drug-likeness (QED) is 0.790. The standard InChI is InChI=1S/C14H16N2O2S/c15-8-11-2-3-12(19-11)13(17)16-6-1-4-14(9-16)5-7-18-10-14/h2-3H,1,4-7,9-10H2. The Kier molecular flexibility index (Phi) is 3.29. The lowest BCUT2D eigenvalue weighted by molar-refractivity contribution is 0.0467. The highest BCUT2D eigenvalue weighted by atomic mass is 32.1. The van der Waals surface area contributed by atoms with Crippen LogP contribution < -0.4 is 0 Å². The summed E-state index contributed by atoms with van der Waals surface area (Å²) in [5, 5.41) is 8.83. The summed E-state index contributed by atoms with van der Waals surface area (Å²) >= 11 is 1.28. The number of thiophene rings is 1. The second kappa shape index (κ2) is 4.95. The van der Waals surface area contributed by atoms with Crippen molar-refractivity contribution in [3.8, 4) is 6.07 Å². The first-order valence-corrected chi connectivity index (χ1v) is 7.41. The Morgan fingerprint density at radius 1 is 1.47 bits per heavy atom. The Morgan fingerprint density at radius 2 is 2.37 bits per heavy atom. The third kappa shape index (κ3) is 2.38. The third-order valence-corrected chi connectivity index (χ3v) is 5.04. The molecule has 1 atom stereocenters. The Morgan fingerprint density at radius 3 is 3.05 bits per heavy atom. The number of hydrogen-bond acceptors (Lipinski definition) is 4. The van der Waals surface area contributed by atoms with E-state index in [0.717, 1.165) is 45.6 Å². The molecule has 1 unspecified atom stereocenters. The van der Waals surface area contributed by atoms with E-state index >= 15 is 0 Å². The van der Waals surface area contributed by atoms with E-state index in [2.05, 4.69) is 6.07 Å². The highest BCUT2D eigenvalue weighted by Gasteiger charge is 2.40. The number of carbonyl (C=O) groups excluding carboxylic acids is 1. The number of rotatable bonds is 1. The smallest absolute Gasteiger partial charge is 0.263 e. The molecule has 2 aliphatic rings. The maximum Gasteiger partial charge on any atom is 0.263 e. The van der Waals surface area contributed by atoms with Crippen molar-refractivity contribution in [3.05, 3.63) is 21.9 Å². The molecule has 3 heterocycles. The number of nitriles is 1. The fourth-order valence-corrected chi connectivity index (χ4v) is 3.79. The molecule has 3 rings (SSSR count). The summed E-state index contributed by atoms with van der Waals surface area (Å²) < 4.78 is 5.51. The fourth-order valence-electron chi connectivity index (χ4n) is 3.02. The van der Waals surface area contributed by atoms with Crippen LogP contribution in [0.4, 0.5) is 0 Å². The molecular weight excluding hydrogens is 260 g/mol. The lowest BCUT2D eigenvalue weighted by Crippen LogP contribution is -2.46. The van der Waals surface area contributed by atoms with Gasteiger partial charge >= 0.3 is 0 Å². The largest absolute Gasteiger partial charge is 0.381 e. The van der Waals surface area contributed by atoms with Gasteiger partial charge in [0, 0.05) is 25.1 Å². The summed E-state index contributed by atoms with van der Waals surface area (Å²) in [6, 6.07) is 5.56. The second-order valence-electron chi connectivity index (χ2n) is 5.41. The zero-order valence-electron chi connectivity index (χ0n) is 10.7. The molecule has 1 aromatic rings. The zero-order chi connectivity index (χ0) is 13.3. The van der Waals surface area contributed by atoms with Gasteiger partial charge in [0.15, 0.2) is 0 Å². The van der Waals surface area contributed by atoms with Crippen molar-refractivity contribution in [2.24, 2.45) is 5.41 Å². The van der Waals surface area contributed by atoms with Crippen molar-refractivity contribution >= 4 is 17.2 Å². The van der Waals surface area contributed by atoms with Gasteiger partial charge in [-0.3, -0.25) is 4.79 Å². The average molecular weight is 276 g/mol. The summed E-state index contributed by atoms with van der Waals surface area (Å²) in [4.78, 5) is 15.7. The van der Waals surface area contributed by atoms with Crippen LogP contribution in [0, 0.1) is 16.7 Å². The van der Waals surface area contributed by atoms with Crippen molar-refractivity contribution in [1.82, 2.24) is 4.90 Å². The van der Waals surface area contributed by atoms with Gasteiger partial charge in [-0.2, -0.15) is 5.26 Å². The van der Waals surface area contributed by atoms with Crippen LogP contribution in [0.3, 0.4) is 0 Å². The molecule has 1 aromatic heterocycles. The molecule has 0 N–H and O–H groups in total. The molecule has 19 heavy (non-hydrogen) atoms. The van der Waals surface area contributed by atoms with Gasteiger partial charge in [0.25, 0.3) is 5.91 Å². The molecule has 0 aromatic carbocycles. The topological polar surface area (TPSA) is 53.3 Å². The molecule has 0 aliphatic carbocycles. The first-order chi connectivity index (χ1) is 9.22. The maximum absolute atomic E-state index is 12.5. The van der Waals surface area contributed by atoms with Crippen LogP contribution in [0.25, 0.3) is 0 Å². The summed E-state index contributed by atoms with van der Waals surface area (Å²) in [5.74, 6) is 0.0671. The number of nitrogens with zero attached hydrogens (tertiary/aromatic N) is 2. The van der Waals surface area contributed by atoms with Crippen LogP contribution in [0.5, 0.6) is 0 Å². The van der Waals surface area contributed by atoms with Gasteiger partial charge in [-0.1, -0.05) is 0 Å². The van der Waals surface area contributed by atoms with Crippen LogP contribution in [0.1, 0.15) is 33.8 Å². The molecule has 2 aliphatic heterocycles. The monoisotopic (exact) mass is 276 g/mol. The number of piperidine rings is 1. The molecule has 0 bridgehead atoms. The van der Waals surface area contributed by atoms with Gasteiger partial charge < -0.3 is 9.64 Å². The minimum Gasteiger partial charge on any atom is -0.381 e. The summed E-state index contributed by atoms with van der Waals surface area (Å²) in [6.45, 7) is 3.22. The highest BCUT2D eigenvalue weighted by Crippen LogP contribution is 2.38. The van der Waals surface area contributed by atoms with E-state index in [0.29, 0.717) is 9.75 Å². The Labute approximate surface area is 116 Å². The predicted octanol–water partition coefficient (Wildman–Crippen LogP) is 2.26. The summed E-state index contributed by atoms with van der Waals surface area (Å²) in [6.07, 6.45) is 3.26. The van der Waals surface area contributed by atoms with Gasteiger partial charge in [0.05, 0.1) is 11.5 Å². The molecule has 4 nitrogen and oxygen atoms in total. The Balaban J connectivity index is 1.74. The van der Waals surface area contributed by atoms with Crippen LogP contribution in [-0.2, 0) is 4.74 Å². The normalized spacial score (nSPS) is 26.6. The molecule has 100 valence electrons. The lowest BCUT2D eigenvalue weighted by Gasteiger charge is -2.39. The van der Waals surface area contributed by atoms with E-state index in [1.807, 2.05) is 4.90 Å². The van der Waals surface area contributed by atoms with Crippen molar-refractivity contribution in [1.29, 1.82) is 5.26 Å². The SMILES string of the molecule is N#Cc1ccc(C(=O)N2CCCC3(CCOC3)C2)s1. The molecule has 0 radical (unpaired) electrons. The minimum absolute atomic E-state index is 0.0671. The summed E-state index contributed by atoms with van der Waals surface area (Å²) in [5.41, 5.74) is 0.184. The molecule has 2 saturated heterocycles. The second-order valence-corrected chi connectivity index (χ2v) is 6.49. The van der Waals surface area contributed by atoms with E-state index < -0.39 is 0 Å². The van der Waals surface area contributed by atoms with Crippen LogP contribution in [0.15, 0.2) is 12.1 Å². The van der Waals surface area contributed by atoms with Crippen molar-refractivity contribution in [2.75, 3.05) is 26.3 Å². The Hall–Kier alpha value is -1.38. The number of carbonyl (C=O) groups is 1. The van der Waals surface area contributed by atoms with Gasteiger partial charge in [-0.25, -0.2) is 0 Å². The van der Waals surface area contributed by atoms with Gasteiger partial charge in [-0.05, 0) is 31.4 Å². The van der Waals surface area contributed by atoms with E-state index in [9.17, 15) is 4.79 Å². The minimum atomic E-state index is 0.0671. The van der Waals surface area contributed by atoms with Crippen molar-refractivity contribution < 1.29 is 9.53 Å². The fraction of sp³-hybridized carbons (Fsp3) is 0.571. The van der Waals surface area contributed by atoms with Gasteiger partial charge in [-0.15, -0.1) is 11.3 Å². The van der Waals surface area contributed by atoms with E-state index in [-0.39, 0.29) is 11.3 Å². The van der Waals surface area contributed by atoms with E-state index in [1.165, 1.54) is 11.3 Å². The van der Waals surface area contributed by atoms with Gasteiger partial charge in [0.1, 0.15) is 10.9 Å². The Bertz CT molecular complexity index is 526. The molecule has 1 amide bonds. The summed E-state index contributed by atoms with van der Waals surface area (Å²) in [7, 11) is 0. The average Bonchev–Trinajstić information content (AvgIpc) is 3.07. The van der Waals surface area contributed by atoms with Crippen LogP contribution >= 0.6 is 11.3 Å². The lowest BCUT2D eigenvalue weighted by atomic mass is 9.79. The molecule has 1 spiro atoms. The van der Waals surface area contributed by atoms with Gasteiger partial charge in [0.2, 0.25) is 0 Å². The van der Waals surface area contributed by atoms with E-state index in [4.69, 9.17) is 10.00 Å². The third-order valence-electron chi connectivity index (χ3n) is 4.06. The molecular formula is C14H16N2O2S. The zero-order valence-corrected chi connectivity index (χ0v) is 11.5. The molecule has 5 heteroatoms. The van der Waals surface area contributed by atoms with Crippen molar-refractivity contribution in [2.45, 2.75) is 19.3 Å². The number of amides is 1. The number of likely N-dealkylation sites (tertiary alicyclic amines) is 1. The molecule has 2 fully saturated rings. The van der Waals surface area contributed by atoms with Crippen molar-refractivity contribution in [3.63, 3.8) is 0 Å². The van der Waals surface area contributed by atoms with Crippen LogP contribution in [0.2, 0.25) is 0 Å². The highest BCUT2D eigenvalue weighted by molar-refractivity contribution is 7.14. The first-order valence-electron chi connectivity index (χ1n) is 6.59. The maximum atomic E-state index is 12.5.